The summed E-state index contributed by atoms with van der Waals surface area (Å²) in [4.78, 5) is 21.1. The molecular formula is C17H26N4O2. The molecule has 1 amide bonds. The van der Waals surface area contributed by atoms with Crippen LogP contribution in [0.5, 0.6) is 0 Å². The van der Waals surface area contributed by atoms with Crippen LogP contribution in [-0.4, -0.2) is 58.1 Å². The summed E-state index contributed by atoms with van der Waals surface area (Å²) >= 11 is 0. The fourth-order valence-electron chi connectivity index (χ4n) is 4.60. The van der Waals surface area contributed by atoms with Crippen LogP contribution in [0.3, 0.4) is 0 Å². The monoisotopic (exact) mass is 318 g/mol. The van der Waals surface area contributed by atoms with E-state index >= 15 is 0 Å². The lowest BCUT2D eigenvalue weighted by atomic mass is 9.60. The molecule has 2 aliphatic heterocycles. The van der Waals surface area contributed by atoms with E-state index in [0.29, 0.717) is 17.1 Å². The maximum Gasteiger partial charge on any atom is 0.236 e. The molecule has 3 fully saturated rings. The molecule has 0 radical (unpaired) electrons. The smallest absolute Gasteiger partial charge is 0.236 e. The summed E-state index contributed by atoms with van der Waals surface area (Å²) in [5.41, 5.74) is 0.519. The highest BCUT2D eigenvalue weighted by atomic mass is 16.5. The molecule has 1 saturated carbocycles. The Bertz CT molecular complexity index is 563. The molecule has 6 heteroatoms. The lowest BCUT2D eigenvalue weighted by Gasteiger charge is -2.54. The average Bonchev–Trinajstić information content (AvgIpc) is 3.17. The van der Waals surface area contributed by atoms with Crippen molar-refractivity contribution in [2.45, 2.75) is 57.9 Å². The van der Waals surface area contributed by atoms with Crippen LogP contribution < -0.4 is 0 Å². The molecular weight excluding hydrogens is 292 g/mol. The van der Waals surface area contributed by atoms with E-state index in [9.17, 15) is 4.79 Å². The first kappa shape index (κ1) is 15.1. The number of carbonyl (C=O) groups is 1. The van der Waals surface area contributed by atoms with Crippen LogP contribution in [0.25, 0.3) is 0 Å². The number of piperidine rings is 1. The van der Waals surface area contributed by atoms with Crippen molar-refractivity contribution in [1.29, 1.82) is 0 Å². The van der Waals surface area contributed by atoms with Crippen molar-refractivity contribution in [3.63, 3.8) is 0 Å². The molecule has 0 unspecified atom stereocenters. The van der Waals surface area contributed by atoms with Gasteiger partial charge in [-0.1, -0.05) is 5.16 Å². The van der Waals surface area contributed by atoms with Gasteiger partial charge >= 0.3 is 0 Å². The number of hydrogen-bond donors (Lipinski definition) is 0. The second-order valence-corrected chi connectivity index (χ2v) is 7.60. The maximum absolute atomic E-state index is 12.4. The zero-order chi connectivity index (χ0) is 15.9. The molecule has 126 valence electrons. The number of hydrogen-bond acceptors (Lipinski definition) is 5. The molecule has 1 aromatic rings. The van der Waals surface area contributed by atoms with Crippen LogP contribution in [0.4, 0.5) is 0 Å². The molecule has 0 aromatic carbocycles. The standard InChI is InChI=1S/C17H26N4O2/c1-13-18-15(23-19-13)10-16(22)21-8-4-17(5-9-21)11-14(12-17)20-6-2-3-7-20/h14H,2-12H2,1H3. The van der Waals surface area contributed by atoms with E-state index < -0.39 is 0 Å². The van der Waals surface area contributed by atoms with Gasteiger partial charge in [0, 0.05) is 19.1 Å². The van der Waals surface area contributed by atoms with Crippen LogP contribution in [0.2, 0.25) is 0 Å². The topological polar surface area (TPSA) is 62.5 Å². The molecule has 1 aliphatic carbocycles. The van der Waals surface area contributed by atoms with Crippen molar-refractivity contribution in [2.24, 2.45) is 5.41 Å². The number of nitrogens with zero attached hydrogens (tertiary/aromatic N) is 4. The maximum atomic E-state index is 12.4. The van der Waals surface area contributed by atoms with Crippen molar-refractivity contribution < 1.29 is 9.32 Å². The molecule has 0 atom stereocenters. The highest BCUT2D eigenvalue weighted by molar-refractivity contribution is 5.77. The third-order valence-corrected chi connectivity index (χ3v) is 6.04. The Hall–Kier alpha value is -1.43. The lowest BCUT2D eigenvalue weighted by Crippen LogP contribution is -2.55. The minimum Gasteiger partial charge on any atom is -0.342 e. The second-order valence-electron chi connectivity index (χ2n) is 7.60. The van der Waals surface area contributed by atoms with Crippen molar-refractivity contribution >= 4 is 5.91 Å². The fourth-order valence-corrected chi connectivity index (χ4v) is 4.60. The van der Waals surface area contributed by atoms with Gasteiger partial charge in [-0.2, -0.15) is 4.98 Å². The van der Waals surface area contributed by atoms with Gasteiger partial charge in [0.1, 0.15) is 6.42 Å². The van der Waals surface area contributed by atoms with Crippen LogP contribution >= 0.6 is 0 Å². The largest absolute Gasteiger partial charge is 0.342 e. The van der Waals surface area contributed by atoms with Crippen LogP contribution in [0.15, 0.2) is 4.52 Å². The van der Waals surface area contributed by atoms with Crippen molar-refractivity contribution in [2.75, 3.05) is 26.2 Å². The Balaban J connectivity index is 1.25. The van der Waals surface area contributed by atoms with Gasteiger partial charge in [0.25, 0.3) is 0 Å². The lowest BCUT2D eigenvalue weighted by molar-refractivity contribution is -0.135. The SMILES string of the molecule is Cc1noc(CC(=O)N2CCC3(CC2)CC(N2CCCC2)C3)n1. The predicted molar refractivity (Wildman–Crippen MR) is 84.8 cm³/mol. The number of carbonyl (C=O) groups excluding carboxylic acids is 1. The summed E-state index contributed by atoms with van der Waals surface area (Å²) in [7, 11) is 0. The summed E-state index contributed by atoms with van der Waals surface area (Å²) in [5, 5.41) is 3.74. The molecule has 2 saturated heterocycles. The third kappa shape index (κ3) is 3.01. The highest BCUT2D eigenvalue weighted by Crippen LogP contribution is 2.51. The van der Waals surface area contributed by atoms with Crippen LogP contribution in [-0.2, 0) is 11.2 Å². The molecule has 4 rings (SSSR count). The Morgan fingerprint density at radius 1 is 1.22 bits per heavy atom. The Labute approximate surface area is 137 Å². The van der Waals surface area contributed by atoms with Crippen molar-refractivity contribution in [1.82, 2.24) is 19.9 Å². The molecule has 1 aromatic heterocycles. The van der Waals surface area contributed by atoms with Crippen molar-refractivity contribution in [3.05, 3.63) is 11.7 Å². The molecule has 3 heterocycles. The van der Waals surface area contributed by atoms with Gasteiger partial charge in [-0.15, -0.1) is 0 Å². The second kappa shape index (κ2) is 5.89. The predicted octanol–water partition coefficient (Wildman–Crippen LogP) is 1.79. The van der Waals surface area contributed by atoms with Gasteiger partial charge in [-0.25, -0.2) is 0 Å². The van der Waals surface area contributed by atoms with Crippen molar-refractivity contribution in [3.8, 4) is 0 Å². The van der Waals surface area contributed by atoms with Gasteiger partial charge < -0.3 is 14.3 Å². The zero-order valence-corrected chi connectivity index (χ0v) is 14.0. The molecule has 1 spiro atoms. The number of rotatable bonds is 3. The fraction of sp³-hybridized carbons (Fsp3) is 0.824. The van der Waals surface area contributed by atoms with Gasteiger partial charge in [0.2, 0.25) is 11.8 Å². The number of likely N-dealkylation sites (tertiary alicyclic amines) is 2. The van der Waals surface area contributed by atoms with Crippen LogP contribution in [0.1, 0.15) is 50.2 Å². The van der Waals surface area contributed by atoms with Gasteiger partial charge in [0.15, 0.2) is 5.82 Å². The van der Waals surface area contributed by atoms with E-state index in [1.165, 1.54) is 38.8 Å². The summed E-state index contributed by atoms with van der Waals surface area (Å²) in [6, 6.07) is 0.820. The first-order chi connectivity index (χ1) is 11.1. The molecule has 0 bridgehead atoms. The third-order valence-electron chi connectivity index (χ3n) is 6.04. The minimum atomic E-state index is 0.124. The summed E-state index contributed by atoms with van der Waals surface area (Å²) in [6.07, 6.45) is 8.00. The summed E-state index contributed by atoms with van der Waals surface area (Å²) in [6.45, 7) is 6.15. The van der Waals surface area contributed by atoms with E-state index in [1.807, 2.05) is 4.90 Å². The zero-order valence-electron chi connectivity index (χ0n) is 14.0. The summed E-state index contributed by atoms with van der Waals surface area (Å²) in [5.74, 6) is 1.15. The van der Waals surface area contributed by atoms with E-state index in [0.717, 1.165) is 32.0 Å². The minimum absolute atomic E-state index is 0.124. The van der Waals surface area contributed by atoms with E-state index in [2.05, 4.69) is 15.0 Å². The van der Waals surface area contributed by atoms with Gasteiger partial charge in [-0.3, -0.25) is 4.79 Å². The molecule has 0 N–H and O–H groups in total. The van der Waals surface area contributed by atoms with Gasteiger partial charge in [0.05, 0.1) is 0 Å². The quantitative estimate of drug-likeness (QED) is 0.850. The first-order valence-corrected chi connectivity index (χ1v) is 8.95. The van der Waals surface area contributed by atoms with E-state index in [1.54, 1.807) is 6.92 Å². The Morgan fingerprint density at radius 2 is 1.91 bits per heavy atom. The highest BCUT2D eigenvalue weighted by Gasteiger charge is 2.48. The molecule has 23 heavy (non-hydrogen) atoms. The number of aryl methyl sites for hydroxylation is 1. The first-order valence-electron chi connectivity index (χ1n) is 8.95. The molecule has 6 nitrogen and oxygen atoms in total. The van der Waals surface area contributed by atoms with E-state index in [4.69, 9.17) is 4.52 Å². The van der Waals surface area contributed by atoms with Crippen LogP contribution in [0, 0.1) is 12.3 Å². The number of aromatic nitrogens is 2. The average molecular weight is 318 g/mol. The van der Waals surface area contributed by atoms with E-state index in [-0.39, 0.29) is 12.3 Å². The normalized spacial score (nSPS) is 25.0. The van der Waals surface area contributed by atoms with Gasteiger partial charge in [-0.05, 0) is 64.0 Å². The molecule has 3 aliphatic rings. The number of amides is 1. The Morgan fingerprint density at radius 3 is 2.52 bits per heavy atom. The Kier molecular flexibility index (Phi) is 3.87. The summed E-state index contributed by atoms with van der Waals surface area (Å²) < 4.78 is 5.06.